The minimum absolute atomic E-state index is 0.153. The van der Waals surface area contributed by atoms with Crippen molar-refractivity contribution in [2.45, 2.75) is 19.5 Å². The van der Waals surface area contributed by atoms with Crippen LogP contribution in [0.25, 0.3) is 16.8 Å². The molecule has 0 aliphatic carbocycles. The summed E-state index contributed by atoms with van der Waals surface area (Å²) in [6.45, 7) is 4.21. The average Bonchev–Trinajstić information content (AvgIpc) is 2.69. The highest BCUT2D eigenvalue weighted by Gasteiger charge is 2.54. The standard InChI is InChI=1S/C24H21FN2O/c1-23(2)15-27-20-10-6-5-9-18(20)14-21(25)24(27,26-22(23)28)19-12-11-16-7-3-4-8-17(16)13-19/h3-14H,15H2,1-2H3,(H,26,28). The third-order valence-corrected chi connectivity index (χ3v) is 5.89. The number of anilines is 1. The van der Waals surface area contributed by atoms with Crippen LogP contribution in [0, 0.1) is 5.41 Å². The van der Waals surface area contributed by atoms with E-state index in [1.54, 1.807) is 6.08 Å². The topological polar surface area (TPSA) is 32.3 Å². The maximum atomic E-state index is 15.8. The Hall–Kier alpha value is -3.14. The summed E-state index contributed by atoms with van der Waals surface area (Å²) in [5.74, 6) is -0.523. The van der Waals surface area contributed by atoms with Gasteiger partial charge in [-0.25, -0.2) is 4.39 Å². The Morgan fingerprint density at radius 3 is 2.50 bits per heavy atom. The molecule has 3 aromatic rings. The van der Waals surface area contributed by atoms with E-state index in [0.29, 0.717) is 6.54 Å². The van der Waals surface area contributed by atoms with Crippen LogP contribution >= 0.6 is 0 Å². The molecular weight excluding hydrogens is 351 g/mol. The van der Waals surface area contributed by atoms with E-state index in [-0.39, 0.29) is 11.7 Å². The van der Waals surface area contributed by atoms with Gasteiger partial charge in [-0.05, 0) is 42.8 Å². The molecule has 3 nitrogen and oxygen atoms in total. The summed E-state index contributed by atoms with van der Waals surface area (Å²) in [4.78, 5) is 14.9. The van der Waals surface area contributed by atoms with E-state index in [1.807, 2.05) is 85.5 Å². The molecule has 0 saturated carbocycles. The summed E-state index contributed by atoms with van der Waals surface area (Å²) in [7, 11) is 0. The molecule has 2 aliphatic rings. The summed E-state index contributed by atoms with van der Waals surface area (Å²) < 4.78 is 15.8. The van der Waals surface area contributed by atoms with Gasteiger partial charge in [0.2, 0.25) is 5.91 Å². The van der Waals surface area contributed by atoms with Crippen molar-refractivity contribution in [2.75, 3.05) is 11.4 Å². The Kier molecular flexibility index (Phi) is 3.45. The molecule has 5 rings (SSSR count). The number of carbonyl (C=O) groups excluding carboxylic acids is 1. The highest BCUT2D eigenvalue weighted by atomic mass is 19.1. The van der Waals surface area contributed by atoms with Gasteiger partial charge >= 0.3 is 0 Å². The zero-order valence-corrected chi connectivity index (χ0v) is 15.9. The molecule has 28 heavy (non-hydrogen) atoms. The Bertz CT molecular complexity index is 1150. The fourth-order valence-electron chi connectivity index (χ4n) is 4.32. The summed E-state index contributed by atoms with van der Waals surface area (Å²) in [5, 5.41) is 5.13. The van der Waals surface area contributed by atoms with Gasteiger partial charge in [-0.3, -0.25) is 4.79 Å². The molecule has 140 valence electrons. The lowest BCUT2D eigenvalue weighted by Crippen LogP contribution is -2.69. The van der Waals surface area contributed by atoms with E-state index in [2.05, 4.69) is 5.32 Å². The number of benzene rings is 3. The Balaban J connectivity index is 1.79. The number of para-hydroxylation sites is 1. The van der Waals surface area contributed by atoms with Crippen LogP contribution in [-0.4, -0.2) is 12.5 Å². The largest absolute Gasteiger partial charge is 0.338 e. The predicted octanol–water partition coefficient (Wildman–Crippen LogP) is 4.98. The van der Waals surface area contributed by atoms with Crippen molar-refractivity contribution in [1.82, 2.24) is 5.32 Å². The Morgan fingerprint density at radius 1 is 0.964 bits per heavy atom. The molecule has 0 radical (unpaired) electrons. The predicted molar refractivity (Wildman–Crippen MR) is 110 cm³/mol. The molecule has 0 spiro atoms. The molecule has 1 saturated heterocycles. The number of fused-ring (bicyclic) bond motifs is 4. The van der Waals surface area contributed by atoms with E-state index in [9.17, 15) is 4.79 Å². The summed E-state index contributed by atoms with van der Waals surface area (Å²) in [5.41, 5.74) is 0.502. The first-order valence-electron chi connectivity index (χ1n) is 9.48. The summed E-state index contributed by atoms with van der Waals surface area (Å²) in [6, 6.07) is 21.6. The molecule has 0 aromatic heterocycles. The fourth-order valence-corrected chi connectivity index (χ4v) is 4.32. The Morgan fingerprint density at radius 2 is 1.68 bits per heavy atom. The number of nitrogens with zero attached hydrogens (tertiary/aromatic N) is 1. The quantitative estimate of drug-likeness (QED) is 0.653. The van der Waals surface area contributed by atoms with Crippen LogP contribution < -0.4 is 10.2 Å². The van der Waals surface area contributed by atoms with Gasteiger partial charge in [0.1, 0.15) is 0 Å². The van der Waals surface area contributed by atoms with Gasteiger partial charge in [0, 0.05) is 23.4 Å². The molecule has 1 unspecified atom stereocenters. The maximum Gasteiger partial charge on any atom is 0.229 e. The average molecular weight is 372 g/mol. The molecule has 4 heteroatoms. The van der Waals surface area contributed by atoms with Crippen LogP contribution in [0.15, 0.2) is 72.6 Å². The molecule has 2 heterocycles. The van der Waals surface area contributed by atoms with Crippen molar-refractivity contribution >= 4 is 28.4 Å². The lowest BCUT2D eigenvalue weighted by Gasteiger charge is -2.54. The van der Waals surface area contributed by atoms with Gasteiger partial charge < -0.3 is 10.2 Å². The van der Waals surface area contributed by atoms with Gasteiger partial charge in [-0.2, -0.15) is 0 Å². The number of halogens is 1. The van der Waals surface area contributed by atoms with E-state index < -0.39 is 11.1 Å². The number of hydrogen-bond donors (Lipinski definition) is 1. The smallest absolute Gasteiger partial charge is 0.229 e. The molecule has 1 atom stereocenters. The number of carbonyl (C=O) groups is 1. The number of hydrogen-bond acceptors (Lipinski definition) is 2. The van der Waals surface area contributed by atoms with Crippen molar-refractivity contribution in [3.63, 3.8) is 0 Å². The number of nitrogens with one attached hydrogen (secondary N) is 1. The number of amides is 1. The van der Waals surface area contributed by atoms with E-state index >= 15 is 4.39 Å². The van der Waals surface area contributed by atoms with Crippen molar-refractivity contribution in [2.24, 2.45) is 5.41 Å². The first kappa shape index (κ1) is 17.0. The van der Waals surface area contributed by atoms with Crippen LogP contribution in [0.5, 0.6) is 0 Å². The van der Waals surface area contributed by atoms with Gasteiger partial charge in [-0.15, -0.1) is 0 Å². The minimum Gasteiger partial charge on any atom is -0.338 e. The molecular formula is C24H21FN2O. The van der Waals surface area contributed by atoms with Crippen molar-refractivity contribution in [3.8, 4) is 0 Å². The summed E-state index contributed by atoms with van der Waals surface area (Å²) >= 11 is 0. The van der Waals surface area contributed by atoms with Crippen molar-refractivity contribution in [1.29, 1.82) is 0 Å². The van der Waals surface area contributed by atoms with E-state index in [0.717, 1.165) is 27.6 Å². The third-order valence-electron chi connectivity index (χ3n) is 5.89. The van der Waals surface area contributed by atoms with Crippen LogP contribution in [0.3, 0.4) is 0 Å². The van der Waals surface area contributed by atoms with Crippen molar-refractivity contribution in [3.05, 3.63) is 83.7 Å². The van der Waals surface area contributed by atoms with Gasteiger partial charge in [0.05, 0.1) is 5.41 Å². The monoisotopic (exact) mass is 372 g/mol. The molecule has 1 N–H and O–H groups in total. The van der Waals surface area contributed by atoms with Crippen LogP contribution in [-0.2, 0) is 10.5 Å². The number of rotatable bonds is 1. The van der Waals surface area contributed by atoms with E-state index in [4.69, 9.17) is 0 Å². The van der Waals surface area contributed by atoms with Crippen LogP contribution in [0.4, 0.5) is 10.1 Å². The highest BCUT2D eigenvalue weighted by molar-refractivity contribution is 5.91. The normalized spacial score (nSPS) is 22.9. The molecule has 3 aromatic carbocycles. The van der Waals surface area contributed by atoms with Crippen molar-refractivity contribution < 1.29 is 9.18 Å². The maximum absolute atomic E-state index is 15.8. The SMILES string of the molecule is CC1(C)CN2c3ccccc3C=C(F)C2(c2ccc3ccccc3c2)NC1=O. The zero-order chi connectivity index (χ0) is 19.5. The van der Waals surface area contributed by atoms with E-state index in [1.165, 1.54) is 0 Å². The molecule has 2 aliphatic heterocycles. The van der Waals surface area contributed by atoms with Gasteiger partial charge in [-0.1, -0.05) is 54.6 Å². The first-order valence-corrected chi connectivity index (χ1v) is 9.48. The second-order valence-electron chi connectivity index (χ2n) is 8.25. The fraction of sp³-hybridized carbons (Fsp3) is 0.208. The second-order valence-corrected chi connectivity index (χ2v) is 8.25. The lowest BCUT2D eigenvalue weighted by atomic mass is 9.80. The lowest BCUT2D eigenvalue weighted by molar-refractivity contribution is -0.133. The zero-order valence-electron chi connectivity index (χ0n) is 15.9. The molecule has 1 amide bonds. The van der Waals surface area contributed by atoms with Crippen LogP contribution in [0.2, 0.25) is 0 Å². The molecule has 1 fully saturated rings. The highest BCUT2D eigenvalue weighted by Crippen LogP contribution is 2.48. The van der Waals surface area contributed by atoms with Crippen LogP contribution in [0.1, 0.15) is 25.0 Å². The van der Waals surface area contributed by atoms with Gasteiger partial charge in [0.25, 0.3) is 0 Å². The second kappa shape index (κ2) is 5.68. The molecule has 0 bridgehead atoms. The summed E-state index contributed by atoms with van der Waals surface area (Å²) in [6.07, 6.45) is 1.54. The Labute approximate surface area is 163 Å². The third kappa shape index (κ3) is 2.24. The first-order chi connectivity index (χ1) is 13.4. The minimum atomic E-state index is -1.33. The van der Waals surface area contributed by atoms with Gasteiger partial charge in [0.15, 0.2) is 11.5 Å².